The predicted molar refractivity (Wildman–Crippen MR) is 178 cm³/mol. The number of para-hydroxylation sites is 1. The van der Waals surface area contributed by atoms with Gasteiger partial charge in [0.2, 0.25) is 17.7 Å². The van der Waals surface area contributed by atoms with Gasteiger partial charge < -0.3 is 42.6 Å². The van der Waals surface area contributed by atoms with Crippen molar-refractivity contribution in [2.75, 3.05) is 6.54 Å². The molecule has 1 heterocycles. The number of nitrogens with two attached hydrogens (primary N) is 2. The van der Waals surface area contributed by atoms with Crippen molar-refractivity contribution in [1.82, 2.24) is 20.9 Å². The van der Waals surface area contributed by atoms with E-state index in [1.165, 1.54) is 12.1 Å². The molecular formula is C35H42N6O6. The summed E-state index contributed by atoms with van der Waals surface area (Å²) in [4.78, 5) is 55.9. The van der Waals surface area contributed by atoms with Gasteiger partial charge in [-0.3, -0.25) is 14.4 Å². The number of phenols is 1. The van der Waals surface area contributed by atoms with Gasteiger partial charge >= 0.3 is 5.97 Å². The first-order chi connectivity index (χ1) is 22.6. The van der Waals surface area contributed by atoms with Gasteiger partial charge in [-0.2, -0.15) is 0 Å². The minimum atomic E-state index is -1.21. The molecule has 0 bridgehead atoms. The van der Waals surface area contributed by atoms with E-state index in [0.29, 0.717) is 24.9 Å². The number of phenolic OH excluding ortho intramolecular Hbond substituents is 1. The van der Waals surface area contributed by atoms with Crippen LogP contribution in [0.2, 0.25) is 0 Å². The predicted octanol–water partition coefficient (Wildman–Crippen LogP) is 1.90. The van der Waals surface area contributed by atoms with Gasteiger partial charge in [-0.05, 0) is 67.1 Å². The first-order valence-corrected chi connectivity index (χ1v) is 15.6. The van der Waals surface area contributed by atoms with Crippen LogP contribution in [0, 0.1) is 0 Å². The molecule has 3 aromatic carbocycles. The van der Waals surface area contributed by atoms with E-state index in [1.807, 2.05) is 54.6 Å². The maximum absolute atomic E-state index is 13.9. The van der Waals surface area contributed by atoms with Gasteiger partial charge in [-0.25, -0.2) is 4.79 Å². The molecule has 0 saturated heterocycles. The molecule has 0 saturated carbocycles. The summed E-state index contributed by atoms with van der Waals surface area (Å²) in [6.07, 6.45) is 3.39. The van der Waals surface area contributed by atoms with Gasteiger partial charge in [0.25, 0.3) is 0 Å². The smallest absolute Gasteiger partial charge is 0.326 e. The molecule has 0 fully saturated rings. The summed E-state index contributed by atoms with van der Waals surface area (Å²) in [6.45, 7) is 0.389. The summed E-state index contributed by atoms with van der Waals surface area (Å²) in [5.41, 5.74) is 15.0. The Kier molecular flexibility index (Phi) is 12.5. The van der Waals surface area contributed by atoms with Gasteiger partial charge in [-0.1, -0.05) is 60.7 Å². The molecule has 12 nitrogen and oxygen atoms in total. The second kappa shape index (κ2) is 16.9. The highest BCUT2D eigenvalue weighted by Gasteiger charge is 2.31. The molecule has 4 rings (SSSR count). The number of carboxylic acid groups (broad SMARTS) is 1. The monoisotopic (exact) mass is 642 g/mol. The van der Waals surface area contributed by atoms with E-state index in [0.717, 1.165) is 22.0 Å². The Morgan fingerprint density at radius 2 is 1.28 bits per heavy atom. The van der Waals surface area contributed by atoms with Crippen molar-refractivity contribution < 1.29 is 29.4 Å². The van der Waals surface area contributed by atoms with E-state index in [2.05, 4.69) is 20.9 Å². The maximum atomic E-state index is 13.9. The highest BCUT2D eigenvalue weighted by Crippen LogP contribution is 2.19. The number of amides is 3. The third-order valence-electron chi connectivity index (χ3n) is 7.94. The lowest BCUT2D eigenvalue weighted by Crippen LogP contribution is -2.58. The third kappa shape index (κ3) is 10.1. The normalized spacial score (nSPS) is 13.7. The standard InChI is InChI=1S/C35H42N6O6/c36-17-7-6-12-29(35(46)47)39-33(44)31(19-23-13-15-25(42)16-14-23)41-34(45)30(18-22-8-2-1-3-9-22)40-32(43)27(37)20-24-21-38-28-11-5-4-10-26(24)28/h1-5,8-11,13-16,21,27,29-31,38,42H,6-7,12,17-20,36-37H2,(H,39,44)(H,40,43)(H,41,45)(H,46,47). The fourth-order valence-electron chi connectivity index (χ4n) is 5.34. The number of nitrogens with one attached hydrogen (secondary N) is 4. The number of aliphatic carboxylic acids is 1. The third-order valence-corrected chi connectivity index (χ3v) is 7.94. The van der Waals surface area contributed by atoms with Crippen molar-refractivity contribution >= 4 is 34.6 Å². The zero-order valence-electron chi connectivity index (χ0n) is 26.0. The van der Waals surface area contributed by atoms with Crippen molar-refractivity contribution in [1.29, 1.82) is 0 Å². The molecule has 1 aromatic heterocycles. The lowest BCUT2D eigenvalue weighted by molar-refractivity contribution is -0.142. The number of unbranched alkanes of at least 4 members (excludes halogenated alkanes) is 1. The molecule has 12 heteroatoms. The first kappa shape index (κ1) is 34.7. The van der Waals surface area contributed by atoms with Crippen LogP contribution in [-0.4, -0.2) is 69.6 Å². The SMILES string of the molecule is NCCCCC(NC(=O)C(Cc1ccc(O)cc1)NC(=O)C(Cc1ccccc1)NC(=O)C(N)Cc1c[nH]c2ccccc12)C(=O)O. The summed E-state index contributed by atoms with van der Waals surface area (Å²) in [5.74, 6) is -3.07. The number of rotatable bonds is 17. The molecule has 3 amide bonds. The van der Waals surface area contributed by atoms with Crippen LogP contribution in [0.3, 0.4) is 0 Å². The molecule has 4 aromatic rings. The Balaban J connectivity index is 1.54. The van der Waals surface area contributed by atoms with E-state index in [9.17, 15) is 29.4 Å². The second-order valence-corrected chi connectivity index (χ2v) is 11.5. The van der Waals surface area contributed by atoms with Crippen LogP contribution < -0.4 is 27.4 Å². The van der Waals surface area contributed by atoms with Gasteiger partial charge in [0.1, 0.15) is 23.9 Å². The fraction of sp³-hybridized carbons (Fsp3) is 0.314. The summed E-state index contributed by atoms with van der Waals surface area (Å²) in [7, 11) is 0. The van der Waals surface area contributed by atoms with Crippen molar-refractivity contribution in [3.8, 4) is 5.75 Å². The van der Waals surface area contributed by atoms with E-state index >= 15 is 0 Å². The fourth-order valence-corrected chi connectivity index (χ4v) is 5.34. The zero-order chi connectivity index (χ0) is 33.8. The lowest BCUT2D eigenvalue weighted by Gasteiger charge is -2.25. The van der Waals surface area contributed by atoms with Gasteiger partial charge in [0.15, 0.2) is 0 Å². The summed E-state index contributed by atoms with van der Waals surface area (Å²) in [6, 6.07) is 18.4. The molecule has 47 heavy (non-hydrogen) atoms. The number of H-pyrrole nitrogens is 1. The van der Waals surface area contributed by atoms with Crippen molar-refractivity contribution in [3.63, 3.8) is 0 Å². The van der Waals surface area contributed by atoms with Crippen molar-refractivity contribution in [2.45, 2.75) is 62.7 Å². The minimum absolute atomic E-state index is 0.000919. The highest BCUT2D eigenvalue weighted by atomic mass is 16.4. The number of aromatic nitrogens is 1. The number of hydrogen-bond donors (Lipinski definition) is 8. The van der Waals surface area contributed by atoms with Crippen LogP contribution in [-0.2, 0) is 38.4 Å². The van der Waals surface area contributed by atoms with Crippen molar-refractivity contribution in [2.24, 2.45) is 11.5 Å². The number of aromatic amines is 1. The molecule has 0 aliphatic heterocycles. The van der Waals surface area contributed by atoms with E-state index in [4.69, 9.17) is 11.5 Å². The number of aromatic hydroxyl groups is 1. The molecule has 4 atom stereocenters. The Morgan fingerprint density at radius 3 is 1.91 bits per heavy atom. The minimum Gasteiger partial charge on any atom is -0.508 e. The number of carboxylic acids is 1. The van der Waals surface area contributed by atoms with E-state index < -0.39 is 47.9 Å². The van der Waals surface area contributed by atoms with Gasteiger partial charge in [0, 0.05) is 29.9 Å². The Morgan fingerprint density at radius 1 is 0.702 bits per heavy atom. The van der Waals surface area contributed by atoms with Crippen LogP contribution in [0.1, 0.15) is 36.0 Å². The molecule has 0 aliphatic carbocycles. The average Bonchev–Trinajstić information content (AvgIpc) is 3.47. The first-order valence-electron chi connectivity index (χ1n) is 15.6. The molecule has 0 radical (unpaired) electrons. The van der Waals surface area contributed by atoms with Gasteiger partial charge in [-0.15, -0.1) is 0 Å². The maximum Gasteiger partial charge on any atom is 0.326 e. The topological polar surface area (TPSA) is 213 Å². The molecule has 4 unspecified atom stereocenters. The number of fused-ring (bicyclic) bond motifs is 1. The molecule has 0 aliphatic rings. The van der Waals surface area contributed by atoms with Gasteiger partial charge in [0.05, 0.1) is 6.04 Å². The molecule has 10 N–H and O–H groups in total. The Bertz CT molecular complexity index is 1640. The number of carbonyl (C=O) groups excluding carboxylic acids is 3. The molecular weight excluding hydrogens is 600 g/mol. The van der Waals surface area contributed by atoms with Crippen LogP contribution in [0.15, 0.2) is 85.1 Å². The summed E-state index contributed by atoms with van der Waals surface area (Å²) >= 11 is 0. The number of hydrogen-bond acceptors (Lipinski definition) is 7. The lowest BCUT2D eigenvalue weighted by atomic mass is 10.0. The summed E-state index contributed by atoms with van der Waals surface area (Å²) in [5, 5.41) is 28.5. The van der Waals surface area contributed by atoms with E-state index in [-0.39, 0.29) is 31.4 Å². The van der Waals surface area contributed by atoms with Crippen LogP contribution in [0.25, 0.3) is 10.9 Å². The molecule has 248 valence electrons. The Labute approximate surface area is 272 Å². The summed E-state index contributed by atoms with van der Waals surface area (Å²) < 4.78 is 0. The number of carbonyl (C=O) groups is 4. The quantitative estimate of drug-likeness (QED) is 0.0795. The van der Waals surface area contributed by atoms with Crippen LogP contribution in [0.5, 0.6) is 5.75 Å². The average molecular weight is 643 g/mol. The van der Waals surface area contributed by atoms with Crippen LogP contribution in [0.4, 0.5) is 0 Å². The Hall–Kier alpha value is -5.20. The van der Waals surface area contributed by atoms with Crippen molar-refractivity contribution in [3.05, 3.63) is 102 Å². The zero-order valence-corrected chi connectivity index (χ0v) is 26.0. The second-order valence-electron chi connectivity index (χ2n) is 11.5. The highest BCUT2D eigenvalue weighted by molar-refractivity contribution is 5.94. The van der Waals surface area contributed by atoms with E-state index in [1.54, 1.807) is 18.3 Å². The largest absolute Gasteiger partial charge is 0.508 e. The van der Waals surface area contributed by atoms with Crippen LogP contribution >= 0.6 is 0 Å². The molecule has 0 spiro atoms. The number of benzene rings is 3.